The highest BCUT2D eigenvalue weighted by molar-refractivity contribution is 6.00. The number of rotatable bonds is 19. The zero-order chi connectivity index (χ0) is 57.1. The van der Waals surface area contributed by atoms with Crippen LogP contribution >= 0.6 is 0 Å². The van der Waals surface area contributed by atoms with E-state index in [2.05, 4.69) is 33.5 Å². The van der Waals surface area contributed by atoms with Gasteiger partial charge >= 0.3 is 0 Å². The number of aromatic hydroxyl groups is 1. The summed E-state index contributed by atoms with van der Waals surface area (Å²) in [5, 5.41) is 35.1. The molecule has 3 aliphatic heterocycles. The standard InChI is InChI=1S/C61H81N9O10/c1-3-4-5-6-9-36-80-48-30-26-44(27-31-48)42-20-18-41(19-21-42)43-22-24-45(25-23-43)55(73)65-49-13-10-34-64-58(76)53-37-46(63)38-70(53)60(78)51(12-7-8-33-62)67-56(74)50(32-17-40-15-28-47(72)29-16-40)66-59(77)52-14-11-35-69(52)61(79)54(39(2)71)68-57(49)75/h15-16,18-31,39,46,49-54,71-72H,3-14,17,32-38,62-63H2,1-2H3,(H,64,76)(H,65,73)(H,66,77)(H,67,74)(H,68,75)/t39?,46-,49-,50-,51-,52-,53-,54-/m0/s1. The number of nitrogens with zero attached hydrogens (tertiary/aromatic N) is 2. The average Bonchev–Trinajstić information content (AvgIpc) is 4.16. The Labute approximate surface area is 469 Å². The number of amides is 7. The minimum atomic E-state index is -1.54. The Morgan fingerprint density at radius 3 is 1.98 bits per heavy atom. The Morgan fingerprint density at radius 1 is 0.688 bits per heavy atom. The molecular formula is C61H81N9O10. The molecule has 1 unspecified atom stereocenters. The number of ether oxygens (including phenoxy) is 1. The second-order valence-corrected chi connectivity index (χ2v) is 21.4. The zero-order valence-electron chi connectivity index (χ0n) is 46.2. The minimum Gasteiger partial charge on any atom is -0.508 e. The minimum absolute atomic E-state index is 0.0137. The number of unbranched alkanes of at least 4 members (excludes halogenated alkanes) is 5. The van der Waals surface area contributed by atoms with Crippen LogP contribution in [0.15, 0.2) is 97.1 Å². The lowest BCUT2D eigenvalue weighted by molar-refractivity contribution is -0.144. The molecule has 7 amide bonds. The zero-order valence-corrected chi connectivity index (χ0v) is 46.2. The molecule has 19 heteroatoms. The van der Waals surface area contributed by atoms with Crippen LogP contribution in [0.25, 0.3) is 22.3 Å². The summed E-state index contributed by atoms with van der Waals surface area (Å²) in [6.45, 7) is 4.76. The molecule has 3 heterocycles. The highest BCUT2D eigenvalue weighted by atomic mass is 16.5. The monoisotopic (exact) mass is 1100 g/mol. The van der Waals surface area contributed by atoms with Gasteiger partial charge in [0, 0.05) is 31.2 Å². The molecule has 430 valence electrons. The van der Waals surface area contributed by atoms with Crippen molar-refractivity contribution >= 4 is 41.4 Å². The predicted octanol–water partition coefficient (Wildman–Crippen LogP) is 4.60. The van der Waals surface area contributed by atoms with E-state index in [4.69, 9.17) is 16.2 Å². The van der Waals surface area contributed by atoms with Crippen molar-refractivity contribution in [2.45, 2.75) is 159 Å². The van der Waals surface area contributed by atoms with Gasteiger partial charge in [0.05, 0.1) is 12.7 Å². The van der Waals surface area contributed by atoms with Gasteiger partial charge in [0.2, 0.25) is 35.4 Å². The van der Waals surface area contributed by atoms with E-state index < -0.39 is 89.7 Å². The van der Waals surface area contributed by atoms with Crippen molar-refractivity contribution < 1.29 is 48.5 Å². The third kappa shape index (κ3) is 16.6. The molecule has 0 radical (unpaired) electrons. The van der Waals surface area contributed by atoms with E-state index in [0.717, 1.165) is 46.4 Å². The van der Waals surface area contributed by atoms with Crippen LogP contribution in [0, 0.1) is 0 Å². The smallest absolute Gasteiger partial charge is 0.251 e. The molecule has 0 aromatic heterocycles. The van der Waals surface area contributed by atoms with E-state index in [1.165, 1.54) is 48.1 Å². The SMILES string of the molecule is CCCCCCCOc1ccc(-c2ccc(-c3ccc(C(=O)N[C@H]4CCCNC(=O)[C@@H]5C[C@H](N)CN5C(=O)[C@H](CCCCN)NC(=O)[C@H](CCc5ccc(O)cc5)NC(=O)[C@@H]5CCCN5C(=O)[C@H](C(C)O)NC4=O)cc3)cc2)cc1. The number of phenols is 1. The van der Waals surface area contributed by atoms with Crippen LogP contribution in [0.3, 0.4) is 0 Å². The van der Waals surface area contributed by atoms with E-state index in [1.54, 1.807) is 24.3 Å². The van der Waals surface area contributed by atoms with Crippen LogP contribution in [0.4, 0.5) is 0 Å². The van der Waals surface area contributed by atoms with Crippen molar-refractivity contribution in [1.29, 1.82) is 0 Å². The lowest BCUT2D eigenvalue weighted by Crippen LogP contribution is -2.61. The molecule has 3 aliphatic rings. The predicted molar refractivity (Wildman–Crippen MR) is 305 cm³/mol. The molecule has 7 rings (SSSR count). The Balaban J connectivity index is 1.09. The van der Waals surface area contributed by atoms with Crippen LogP contribution in [-0.4, -0.2) is 143 Å². The highest BCUT2D eigenvalue weighted by Gasteiger charge is 2.43. The van der Waals surface area contributed by atoms with Crippen LogP contribution < -0.4 is 42.8 Å². The van der Waals surface area contributed by atoms with Crippen molar-refractivity contribution in [3.63, 3.8) is 0 Å². The molecule has 0 spiro atoms. The van der Waals surface area contributed by atoms with Crippen LogP contribution in [0.2, 0.25) is 0 Å². The molecule has 4 aromatic carbocycles. The number of aliphatic hydroxyl groups is 1. The molecule has 0 saturated carbocycles. The summed E-state index contributed by atoms with van der Waals surface area (Å²) in [6, 6.07) is 21.7. The number of aliphatic hydroxyl groups excluding tert-OH is 1. The molecule has 8 atom stereocenters. The third-order valence-electron chi connectivity index (χ3n) is 15.3. The fourth-order valence-electron chi connectivity index (χ4n) is 10.7. The van der Waals surface area contributed by atoms with E-state index in [0.29, 0.717) is 32.4 Å². The van der Waals surface area contributed by atoms with Gasteiger partial charge < -0.3 is 62.8 Å². The van der Waals surface area contributed by atoms with Gasteiger partial charge in [-0.2, -0.15) is 0 Å². The van der Waals surface area contributed by atoms with Gasteiger partial charge in [-0.25, -0.2) is 0 Å². The van der Waals surface area contributed by atoms with Gasteiger partial charge in [-0.3, -0.25) is 33.6 Å². The van der Waals surface area contributed by atoms with Crippen LogP contribution in [-0.2, 0) is 35.2 Å². The second-order valence-electron chi connectivity index (χ2n) is 21.4. The van der Waals surface area contributed by atoms with Crippen molar-refractivity contribution in [2.75, 3.05) is 32.8 Å². The Bertz CT molecular complexity index is 2710. The number of fused-ring (bicyclic) bond motifs is 2. The summed E-state index contributed by atoms with van der Waals surface area (Å²) in [6.07, 6.45) is 6.91. The van der Waals surface area contributed by atoms with Gasteiger partial charge in [-0.05, 0) is 148 Å². The van der Waals surface area contributed by atoms with Gasteiger partial charge in [0.1, 0.15) is 47.8 Å². The van der Waals surface area contributed by atoms with Crippen molar-refractivity contribution in [2.24, 2.45) is 11.5 Å². The van der Waals surface area contributed by atoms with Crippen molar-refractivity contribution in [3.8, 4) is 33.8 Å². The summed E-state index contributed by atoms with van der Waals surface area (Å²) < 4.78 is 5.95. The van der Waals surface area contributed by atoms with Crippen LogP contribution in [0.5, 0.6) is 11.5 Å². The molecule has 11 N–H and O–H groups in total. The maximum absolute atomic E-state index is 14.5. The summed E-state index contributed by atoms with van der Waals surface area (Å²) in [5.74, 6) is -3.54. The van der Waals surface area contributed by atoms with E-state index in [-0.39, 0.29) is 75.9 Å². The second kappa shape index (κ2) is 29.7. The topological polar surface area (TPSA) is 288 Å². The number of hydrogen-bond acceptors (Lipinski definition) is 12. The molecule has 80 heavy (non-hydrogen) atoms. The van der Waals surface area contributed by atoms with E-state index in [9.17, 15) is 43.8 Å². The summed E-state index contributed by atoms with van der Waals surface area (Å²) >= 11 is 0. The number of carbonyl (C=O) groups is 7. The van der Waals surface area contributed by atoms with Gasteiger partial charge in [0.25, 0.3) is 5.91 Å². The summed E-state index contributed by atoms with van der Waals surface area (Å²) in [4.78, 5) is 103. The maximum atomic E-state index is 14.5. The molecule has 4 aromatic rings. The number of nitrogens with one attached hydrogen (secondary N) is 5. The van der Waals surface area contributed by atoms with Crippen LogP contribution in [0.1, 0.15) is 120 Å². The number of hydrogen-bond donors (Lipinski definition) is 9. The number of phenolic OH excluding ortho intramolecular Hbond substituents is 1. The molecule has 19 nitrogen and oxygen atoms in total. The fourth-order valence-corrected chi connectivity index (χ4v) is 10.7. The van der Waals surface area contributed by atoms with Gasteiger partial charge in [-0.15, -0.1) is 0 Å². The number of aryl methyl sites for hydroxylation is 1. The summed E-state index contributed by atoms with van der Waals surface area (Å²) in [7, 11) is 0. The maximum Gasteiger partial charge on any atom is 0.251 e. The first-order chi connectivity index (χ1) is 38.6. The lowest BCUT2D eigenvalue weighted by atomic mass is 9.99. The number of carbonyl (C=O) groups excluding carboxylic acids is 7. The van der Waals surface area contributed by atoms with E-state index in [1.807, 2.05) is 60.7 Å². The molecule has 0 aliphatic carbocycles. The first-order valence-corrected chi connectivity index (χ1v) is 28.6. The molecular weight excluding hydrogens is 1020 g/mol. The molecule has 3 fully saturated rings. The summed E-state index contributed by atoms with van der Waals surface area (Å²) in [5.41, 5.74) is 17.1. The van der Waals surface area contributed by atoms with E-state index >= 15 is 0 Å². The first-order valence-electron chi connectivity index (χ1n) is 28.6. The normalized spacial score (nSPS) is 22.9. The average molecular weight is 1100 g/mol. The Hall–Kier alpha value is -7.35. The quantitative estimate of drug-likeness (QED) is 0.0583. The highest BCUT2D eigenvalue weighted by Crippen LogP contribution is 2.28. The lowest BCUT2D eigenvalue weighted by Gasteiger charge is -2.32. The Morgan fingerprint density at radius 2 is 1.32 bits per heavy atom. The fraction of sp³-hybridized carbons (Fsp3) is 0.492. The third-order valence-corrected chi connectivity index (χ3v) is 15.3. The van der Waals surface area contributed by atoms with Crippen molar-refractivity contribution in [3.05, 3.63) is 108 Å². The van der Waals surface area contributed by atoms with Gasteiger partial charge in [0.15, 0.2) is 0 Å². The first kappa shape index (κ1) is 60.3. The largest absolute Gasteiger partial charge is 0.508 e. The Kier molecular flexibility index (Phi) is 22.4. The molecule has 0 bridgehead atoms. The number of benzene rings is 4. The molecule has 3 saturated heterocycles. The van der Waals surface area contributed by atoms with Gasteiger partial charge in [-0.1, -0.05) is 93.3 Å². The van der Waals surface area contributed by atoms with Crippen molar-refractivity contribution in [1.82, 2.24) is 36.4 Å². The number of nitrogens with two attached hydrogens (primary N) is 2.